The molecule has 0 radical (unpaired) electrons. The molecule has 2 aromatic rings. The molecule has 0 aromatic carbocycles. The van der Waals surface area contributed by atoms with Gasteiger partial charge in [0.05, 0.1) is 5.69 Å². The Morgan fingerprint density at radius 2 is 2.40 bits per heavy atom. The van der Waals surface area contributed by atoms with Crippen LogP contribution < -0.4 is 5.73 Å². The topological polar surface area (TPSA) is 87.9 Å². The number of hydrogen-bond donors (Lipinski definition) is 2. The third-order valence-electron chi connectivity index (χ3n) is 3.82. The van der Waals surface area contributed by atoms with E-state index in [2.05, 4.69) is 32.8 Å². The number of nitrogens with two attached hydrogens (primary N) is 1. The van der Waals surface area contributed by atoms with Gasteiger partial charge in [0.2, 0.25) is 5.82 Å². The monoisotopic (exact) mass is 271 g/mol. The highest BCUT2D eigenvalue weighted by Crippen LogP contribution is 2.25. The smallest absolute Gasteiger partial charge is 0.286 e. The van der Waals surface area contributed by atoms with E-state index in [1.807, 2.05) is 12.3 Å². The Morgan fingerprint density at radius 1 is 1.55 bits per heavy atom. The van der Waals surface area contributed by atoms with Crippen molar-refractivity contribution < 1.29 is 4.79 Å². The number of primary amides is 1. The molecule has 3 N–H and O–H groups in total. The van der Waals surface area contributed by atoms with Gasteiger partial charge in [-0.3, -0.25) is 9.69 Å². The van der Waals surface area contributed by atoms with Gasteiger partial charge in [0.25, 0.3) is 5.91 Å². The fraction of sp³-hybridized carbons (Fsp3) is 0.357. The van der Waals surface area contributed by atoms with E-state index in [1.165, 1.54) is 5.69 Å². The average Bonchev–Trinajstić information content (AvgIpc) is 2.99. The minimum Gasteiger partial charge on any atom is -0.364 e. The third-order valence-corrected chi connectivity index (χ3v) is 3.82. The van der Waals surface area contributed by atoms with Crippen LogP contribution in [0.1, 0.15) is 40.5 Å². The van der Waals surface area contributed by atoms with Crippen molar-refractivity contribution in [1.29, 1.82) is 0 Å². The van der Waals surface area contributed by atoms with Gasteiger partial charge in [-0.2, -0.15) is 0 Å². The number of hydrogen-bond acceptors (Lipinski definition) is 4. The predicted octanol–water partition coefficient (Wildman–Crippen LogP) is 1.02. The molecule has 2 aromatic heterocycles. The van der Waals surface area contributed by atoms with Crippen molar-refractivity contribution in [1.82, 2.24) is 19.9 Å². The molecule has 0 saturated heterocycles. The van der Waals surface area contributed by atoms with Gasteiger partial charge in [-0.1, -0.05) is 0 Å². The zero-order chi connectivity index (χ0) is 14.1. The van der Waals surface area contributed by atoms with E-state index in [9.17, 15) is 4.79 Å². The molecular formula is C14H17N5O. The molecule has 1 amide bonds. The summed E-state index contributed by atoms with van der Waals surface area (Å²) in [4.78, 5) is 25.0. The highest BCUT2D eigenvalue weighted by molar-refractivity contribution is 5.88. The SMILES string of the molecule is CC(c1ccc[nH]1)N1CCc2cnc(C(N)=O)nc2C1. The first-order valence-electron chi connectivity index (χ1n) is 6.67. The van der Waals surface area contributed by atoms with Crippen LogP contribution in [0.25, 0.3) is 0 Å². The molecule has 104 valence electrons. The Labute approximate surface area is 117 Å². The molecule has 1 aliphatic rings. The summed E-state index contributed by atoms with van der Waals surface area (Å²) >= 11 is 0. The molecular weight excluding hydrogens is 254 g/mol. The van der Waals surface area contributed by atoms with Gasteiger partial charge in [0, 0.05) is 37.2 Å². The molecule has 0 spiro atoms. The number of amides is 1. The summed E-state index contributed by atoms with van der Waals surface area (Å²) in [5, 5.41) is 0. The lowest BCUT2D eigenvalue weighted by molar-refractivity contribution is 0.0989. The molecule has 1 aliphatic heterocycles. The lowest BCUT2D eigenvalue weighted by Crippen LogP contribution is -2.34. The predicted molar refractivity (Wildman–Crippen MR) is 73.9 cm³/mol. The van der Waals surface area contributed by atoms with E-state index >= 15 is 0 Å². The number of H-pyrrole nitrogens is 1. The summed E-state index contributed by atoms with van der Waals surface area (Å²) in [6, 6.07) is 4.36. The van der Waals surface area contributed by atoms with Crippen LogP contribution in [0, 0.1) is 0 Å². The second-order valence-corrected chi connectivity index (χ2v) is 5.05. The quantitative estimate of drug-likeness (QED) is 0.872. The van der Waals surface area contributed by atoms with E-state index in [4.69, 9.17) is 5.73 Å². The van der Waals surface area contributed by atoms with E-state index in [0.29, 0.717) is 6.54 Å². The number of rotatable bonds is 3. The number of carbonyl (C=O) groups excluding carboxylic acids is 1. The molecule has 1 unspecified atom stereocenters. The minimum absolute atomic E-state index is 0.0955. The fourth-order valence-corrected chi connectivity index (χ4v) is 2.57. The summed E-state index contributed by atoms with van der Waals surface area (Å²) in [5.74, 6) is -0.486. The second kappa shape index (κ2) is 5.05. The maximum atomic E-state index is 11.2. The molecule has 0 aliphatic carbocycles. The van der Waals surface area contributed by atoms with Crippen molar-refractivity contribution in [2.45, 2.75) is 25.9 Å². The Bertz CT molecular complexity index is 622. The molecule has 3 rings (SSSR count). The lowest BCUT2D eigenvalue weighted by Gasteiger charge is -2.32. The first kappa shape index (κ1) is 12.8. The Morgan fingerprint density at radius 3 is 3.10 bits per heavy atom. The van der Waals surface area contributed by atoms with Crippen molar-refractivity contribution in [2.75, 3.05) is 6.54 Å². The summed E-state index contributed by atoms with van der Waals surface area (Å²) in [6.45, 7) is 3.82. The number of aromatic amines is 1. The fourth-order valence-electron chi connectivity index (χ4n) is 2.57. The number of nitrogens with one attached hydrogen (secondary N) is 1. The van der Waals surface area contributed by atoms with Crippen LogP contribution in [0.15, 0.2) is 24.5 Å². The summed E-state index contributed by atoms with van der Waals surface area (Å²) in [7, 11) is 0. The zero-order valence-electron chi connectivity index (χ0n) is 11.3. The van der Waals surface area contributed by atoms with Crippen LogP contribution in [0.2, 0.25) is 0 Å². The highest BCUT2D eigenvalue weighted by Gasteiger charge is 2.24. The Hall–Kier alpha value is -2.21. The first-order chi connectivity index (χ1) is 9.65. The molecule has 0 fully saturated rings. The molecule has 6 nitrogen and oxygen atoms in total. The summed E-state index contributed by atoms with van der Waals surface area (Å²) in [6.07, 6.45) is 4.54. The number of fused-ring (bicyclic) bond motifs is 1. The third kappa shape index (κ3) is 2.30. The van der Waals surface area contributed by atoms with Gasteiger partial charge in [0.1, 0.15) is 0 Å². The molecule has 0 saturated carbocycles. The summed E-state index contributed by atoms with van der Waals surface area (Å²) < 4.78 is 0. The lowest BCUT2D eigenvalue weighted by atomic mass is 10.0. The van der Waals surface area contributed by atoms with Crippen molar-refractivity contribution in [3.05, 3.63) is 47.3 Å². The van der Waals surface area contributed by atoms with Crippen LogP contribution in [0.4, 0.5) is 0 Å². The van der Waals surface area contributed by atoms with Gasteiger partial charge in [0.15, 0.2) is 0 Å². The molecule has 1 atom stereocenters. The second-order valence-electron chi connectivity index (χ2n) is 5.05. The molecule has 3 heterocycles. The Kier molecular flexibility index (Phi) is 3.23. The average molecular weight is 271 g/mol. The van der Waals surface area contributed by atoms with Crippen molar-refractivity contribution >= 4 is 5.91 Å². The van der Waals surface area contributed by atoms with Crippen molar-refractivity contribution in [2.24, 2.45) is 5.73 Å². The molecule has 6 heteroatoms. The maximum Gasteiger partial charge on any atom is 0.286 e. The molecule has 0 bridgehead atoms. The van der Waals surface area contributed by atoms with Gasteiger partial charge in [-0.15, -0.1) is 0 Å². The Balaban J connectivity index is 1.83. The van der Waals surface area contributed by atoms with E-state index in [1.54, 1.807) is 6.20 Å². The van der Waals surface area contributed by atoms with Crippen LogP contribution in [-0.4, -0.2) is 32.3 Å². The van der Waals surface area contributed by atoms with Crippen molar-refractivity contribution in [3.63, 3.8) is 0 Å². The zero-order valence-corrected chi connectivity index (χ0v) is 11.3. The van der Waals surface area contributed by atoms with Gasteiger partial charge >= 0.3 is 0 Å². The van der Waals surface area contributed by atoms with Gasteiger partial charge in [-0.25, -0.2) is 9.97 Å². The van der Waals surface area contributed by atoms with Gasteiger partial charge < -0.3 is 10.7 Å². The van der Waals surface area contributed by atoms with Crippen molar-refractivity contribution in [3.8, 4) is 0 Å². The summed E-state index contributed by atoms with van der Waals surface area (Å²) in [5.41, 5.74) is 8.42. The number of nitrogens with zero attached hydrogens (tertiary/aromatic N) is 3. The standard InChI is InChI=1S/C14H17N5O/c1-9(11-3-2-5-16-11)19-6-4-10-7-17-14(13(15)20)18-12(10)8-19/h2-3,5,7,9,16H,4,6,8H2,1H3,(H2,15,20). The van der Waals surface area contributed by atoms with Crippen LogP contribution >= 0.6 is 0 Å². The normalized spacial score (nSPS) is 16.6. The van der Waals surface area contributed by atoms with Crippen LogP contribution in [0.3, 0.4) is 0 Å². The maximum absolute atomic E-state index is 11.2. The number of carbonyl (C=O) groups is 1. The van der Waals surface area contributed by atoms with Crippen LogP contribution in [-0.2, 0) is 13.0 Å². The highest BCUT2D eigenvalue weighted by atomic mass is 16.1. The van der Waals surface area contributed by atoms with Gasteiger partial charge in [-0.05, 0) is 31.0 Å². The van der Waals surface area contributed by atoms with E-state index in [-0.39, 0.29) is 11.9 Å². The minimum atomic E-state index is -0.581. The number of aromatic nitrogens is 3. The van der Waals surface area contributed by atoms with E-state index in [0.717, 1.165) is 24.2 Å². The largest absolute Gasteiger partial charge is 0.364 e. The first-order valence-corrected chi connectivity index (χ1v) is 6.67. The molecule has 20 heavy (non-hydrogen) atoms. The van der Waals surface area contributed by atoms with E-state index < -0.39 is 5.91 Å². The van der Waals surface area contributed by atoms with Crippen LogP contribution in [0.5, 0.6) is 0 Å².